The summed E-state index contributed by atoms with van der Waals surface area (Å²) in [5.41, 5.74) is 0.822. The Morgan fingerprint density at radius 3 is 2.17 bits per heavy atom. The average Bonchev–Trinajstić information content (AvgIpc) is 2.53. The number of hydrogen-bond donors (Lipinski definition) is 1. The van der Waals surface area contributed by atoms with E-state index in [2.05, 4.69) is 0 Å². The maximum absolute atomic E-state index is 11.7. The smallest absolute Gasteiger partial charge is 0.349 e. The summed E-state index contributed by atoms with van der Waals surface area (Å²) in [5, 5.41) is 9.57. The predicted molar refractivity (Wildman–Crippen MR) is 88.5 cm³/mol. The predicted octanol–water partition coefficient (Wildman–Crippen LogP) is 4.79. The van der Waals surface area contributed by atoms with Crippen molar-refractivity contribution in [2.75, 3.05) is 0 Å². The summed E-state index contributed by atoms with van der Waals surface area (Å²) < 4.78 is 5.52. The van der Waals surface area contributed by atoms with Crippen LogP contribution < -0.4 is 4.74 Å². The fourth-order valence-corrected chi connectivity index (χ4v) is 2.62. The second-order valence-electron chi connectivity index (χ2n) is 4.79. The van der Waals surface area contributed by atoms with Crippen LogP contribution in [-0.2, 0) is 4.79 Å². The molecule has 6 heteroatoms. The zero-order chi connectivity index (χ0) is 17.0. The number of hydrogen-bond acceptors (Lipinski definition) is 3. The molecule has 0 fully saturated rings. The van der Waals surface area contributed by atoms with Gasteiger partial charge in [0, 0.05) is 17.5 Å². The van der Waals surface area contributed by atoms with Gasteiger partial charge in [-0.1, -0.05) is 60.5 Å². The van der Waals surface area contributed by atoms with E-state index in [9.17, 15) is 14.7 Å². The van der Waals surface area contributed by atoms with Crippen LogP contribution in [0.4, 0.5) is 0 Å². The monoisotopic (exact) mass is 352 g/mol. The first-order valence-corrected chi connectivity index (χ1v) is 7.66. The minimum atomic E-state index is -1.25. The highest BCUT2D eigenvalue weighted by Crippen LogP contribution is 2.37. The number of halogens is 2. The summed E-state index contributed by atoms with van der Waals surface area (Å²) in [5.74, 6) is -1.24. The Hall–Kier alpha value is -2.04. The van der Waals surface area contributed by atoms with E-state index in [1.54, 1.807) is 37.3 Å². The molecule has 1 N–H and O–H groups in total. The molecule has 0 aliphatic rings. The highest BCUT2D eigenvalue weighted by molar-refractivity contribution is 6.37. The molecule has 0 saturated carbocycles. The molecule has 1 unspecified atom stereocenters. The first-order valence-electron chi connectivity index (χ1n) is 6.90. The SMILES string of the molecule is CCC(=O)c1cc(Cl)c(OC(C(=O)O)c2ccccc2)c(Cl)c1. The average molecular weight is 353 g/mol. The molecule has 2 aromatic carbocycles. The number of carbonyl (C=O) groups is 2. The Balaban J connectivity index is 2.38. The third-order valence-electron chi connectivity index (χ3n) is 3.20. The van der Waals surface area contributed by atoms with Crippen molar-refractivity contribution < 1.29 is 19.4 Å². The minimum absolute atomic E-state index is 0.0391. The minimum Gasteiger partial charge on any atom is -0.478 e. The van der Waals surface area contributed by atoms with Crippen LogP contribution in [-0.4, -0.2) is 16.9 Å². The van der Waals surface area contributed by atoms with Crippen LogP contribution in [0.3, 0.4) is 0 Å². The van der Waals surface area contributed by atoms with E-state index in [0.717, 1.165) is 0 Å². The molecule has 2 aromatic rings. The van der Waals surface area contributed by atoms with E-state index >= 15 is 0 Å². The van der Waals surface area contributed by atoms with Crippen molar-refractivity contribution in [2.45, 2.75) is 19.4 Å². The number of ether oxygens (including phenoxy) is 1. The van der Waals surface area contributed by atoms with E-state index in [1.807, 2.05) is 0 Å². The second-order valence-corrected chi connectivity index (χ2v) is 5.61. The molecule has 1 atom stereocenters. The molecule has 4 nitrogen and oxygen atoms in total. The normalized spacial score (nSPS) is 11.8. The molecule has 0 heterocycles. The zero-order valence-corrected chi connectivity index (χ0v) is 13.8. The summed E-state index contributed by atoms with van der Waals surface area (Å²) in [6, 6.07) is 11.3. The number of aliphatic carboxylic acids is 1. The number of ketones is 1. The van der Waals surface area contributed by atoms with E-state index in [4.69, 9.17) is 27.9 Å². The van der Waals surface area contributed by atoms with Gasteiger partial charge in [-0.05, 0) is 12.1 Å². The second kappa shape index (κ2) is 7.49. The van der Waals surface area contributed by atoms with Crippen LogP contribution in [0.15, 0.2) is 42.5 Å². The topological polar surface area (TPSA) is 63.6 Å². The zero-order valence-electron chi connectivity index (χ0n) is 12.3. The van der Waals surface area contributed by atoms with Gasteiger partial charge < -0.3 is 9.84 Å². The lowest BCUT2D eigenvalue weighted by atomic mass is 10.1. The Kier molecular flexibility index (Phi) is 5.64. The molecule has 0 saturated heterocycles. The van der Waals surface area contributed by atoms with E-state index in [1.165, 1.54) is 12.1 Å². The van der Waals surface area contributed by atoms with E-state index in [0.29, 0.717) is 17.5 Å². The maximum atomic E-state index is 11.7. The lowest BCUT2D eigenvalue weighted by molar-refractivity contribution is -0.145. The first-order chi connectivity index (χ1) is 10.9. The molecule has 0 spiro atoms. The van der Waals surface area contributed by atoms with Crippen molar-refractivity contribution in [1.29, 1.82) is 0 Å². The number of carboxylic acid groups (broad SMARTS) is 1. The van der Waals surface area contributed by atoms with Gasteiger partial charge >= 0.3 is 5.97 Å². The van der Waals surface area contributed by atoms with Crippen molar-refractivity contribution >= 4 is 35.0 Å². The van der Waals surface area contributed by atoms with Gasteiger partial charge in [0.25, 0.3) is 0 Å². The number of benzene rings is 2. The largest absolute Gasteiger partial charge is 0.478 e. The van der Waals surface area contributed by atoms with Crippen LogP contribution in [0.1, 0.15) is 35.4 Å². The van der Waals surface area contributed by atoms with Gasteiger partial charge in [0.15, 0.2) is 11.5 Å². The summed E-state index contributed by atoms with van der Waals surface area (Å²) in [7, 11) is 0. The summed E-state index contributed by atoms with van der Waals surface area (Å²) in [4.78, 5) is 23.2. The van der Waals surface area contributed by atoms with Crippen molar-refractivity contribution in [2.24, 2.45) is 0 Å². The number of Topliss-reactive ketones (excluding diaryl/α,β-unsaturated/α-hetero) is 1. The molecule has 2 rings (SSSR count). The molecule has 0 aliphatic carbocycles. The molecular weight excluding hydrogens is 339 g/mol. The number of carbonyl (C=O) groups excluding carboxylic acids is 1. The van der Waals surface area contributed by atoms with Crippen LogP contribution in [0.5, 0.6) is 5.75 Å². The van der Waals surface area contributed by atoms with Crippen LogP contribution in [0.2, 0.25) is 10.0 Å². The van der Waals surface area contributed by atoms with Crippen molar-refractivity contribution in [3.63, 3.8) is 0 Å². The Morgan fingerprint density at radius 2 is 1.70 bits per heavy atom. The van der Waals surface area contributed by atoms with Gasteiger partial charge in [-0.15, -0.1) is 0 Å². The van der Waals surface area contributed by atoms with E-state index in [-0.39, 0.29) is 21.6 Å². The maximum Gasteiger partial charge on any atom is 0.349 e. The lowest BCUT2D eigenvalue weighted by Gasteiger charge is -2.18. The van der Waals surface area contributed by atoms with Gasteiger partial charge in [0.2, 0.25) is 6.10 Å². The van der Waals surface area contributed by atoms with Gasteiger partial charge in [-0.25, -0.2) is 4.79 Å². The van der Waals surface area contributed by atoms with Gasteiger partial charge in [0.1, 0.15) is 0 Å². The fraction of sp³-hybridized carbons (Fsp3) is 0.176. The number of rotatable bonds is 6. The summed E-state index contributed by atoms with van der Waals surface area (Å²) in [6.07, 6.45) is -0.937. The molecular formula is C17H14Cl2O4. The van der Waals surface area contributed by atoms with Gasteiger partial charge in [-0.3, -0.25) is 4.79 Å². The molecule has 120 valence electrons. The van der Waals surface area contributed by atoms with Crippen molar-refractivity contribution in [3.05, 3.63) is 63.6 Å². The van der Waals surface area contributed by atoms with E-state index < -0.39 is 12.1 Å². The quantitative estimate of drug-likeness (QED) is 0.759. The first kappa shape index (κ1) is 17.3. The molecule has 0 bridgehead atoms. The number of carboxylic acids is 1. The summed E-state index contributed by atoms with van der Waals surface area (Å²) in [6.45, 7) is 1.73. The van der Waals surface area contributed by atoms with Gasteiger partial charge in [-0.2, -0.15) is 0 Å². The van der Waals surface area contributed by atoms with Crippen molar-refractivity contribution in [3.8, 4) is 5.75 Å². The summed E-state index contributed by atoms with van der Waals surface area (Å²) >= 11 is 12.2. The molecule has 23 heavy (non-hydrogen) atoms. The Morgan fingerprint density at radius 1 is 1.13 bits per heavy atom. The molecule has 0 aliphatic heterocycles. The molecule has 0 radical (unpaired) electrons. The Bertz CT molecular complexity index is 706. The third kappa shape index (κ3) is 4.03. The van der Waals surface area contributed by atoms with Crippen LogP contribution in [0, 0.1) is 0 Å². The third-order valence-corrected chi connectivity index (χ3v) is 3.77. The standard InChI is InChI=1S/C17H14Cl2O4/c1-2-14(20)11-8-12(18)16(13(19)9-11)23-15(17(21)22)10-6-4-3-5-7-10/h3-9,15H,2H2,1H3,(H,21,22). The molecule has 0 aromatic heterocycles. The van der Waals surface area contributed by atoms with Gasteiger partial charge in [0.05, 0.1) is 10.0 Å². The van der Waals surface area contributed by atoms with Crippen LogP contribution >= 0.6 is 23.2 Å². The Labute approximate surface area is 143 Å². The highest BCUT2D eigenvalue weighted by Gasteiger charge is 2.24. The van der Waals surface area contributed by atoms with Crippen LogP contribution in [0.25, 0.3) is 0 Å². The lowest BCUT2D eigenvalue weighted by Crippen LogP contribution is -2.18. The van der Waals surface area contributed by atoms with Crippen molar-refractivity contribution in [1.82, 2.24) is 0 Å². The highest BCUT2D eigenvalue weighted by atomic mass is 35.5. The fourth-order valence-electron chi connectivity index (χ4n) is 2.04. The molecule has 0 amide bonds.